The predicted octanol–water partition coefficient (Wildman–Crippen LogP) is 1.43. The molecule has 3 N–H and O–H groups in total. The highest BCUT2D eigenvalue weighted by atomic mass is 16.1. The number of pyridine rings is 1. The Kier molecular flexibility index (Phi) is 4.11. The normalized spacial score (nSPS) is 14.0. The number of anilines is 1. The van der Waals surface area contributed by atoms with Crippen LogP contribution in [0.2, 0.25) is 0 Å². The highest BCUT2D eigenvalue weighted by Crippen LogP contribution is 2.27. The predicted molar refractivity (Wildman–Crippen MR) is 87.9 cm³/mol. The number of nitrogens with two attached hydrogens (primary N) is 1. The van der Waals surface area contributed by atoms with E-state index < -0.39 is 5.69 Å². The second-order valence-corrected chi connectivity index (χ2v) is 5.16. The smallest absolute Gasteiger partial charge is 0.292 e. The highest BCUT2D eigenvalue weighted by Gasteiger charge is 2.07. The molecule has 7 heteroatoms. The third-order valence-electron chi connectivity index (χ3n) is 3.41. The summed E-state index contributed by atoms with van der Waals surface area (Å²) in [6.07, 6.45) is 12.8. The molecule has 0 unspecified atom stereocenters. The van der Waals surface area contributed by atoms with Crippen molar-refractivity contribution in [3.63, 3.8) is 0 Å². The van der Waals surface area contributed by atoms with E-state index in [9.17, 15) is 4.79 Å². The molecular formula is C16H16N6O. The highest BCUT2D eigenvalue weighted by molar-refractivity contribution is 5.49. The first-order valence-corrected chi connectivity index (χ1v) is 7.09. The van der Waals surface area contributed by atoms with E-state index in [0.29, 0.717) is 5.82 Å². The lowest BCUT2D eigenvalue weighted by Gasteiger charge is -2.04. The van der Waals surface area contributed by atoms with Gasteiger partial charge in [-0.25, -0.2) is 25.2 Å². The zero-order valence-electron chi connectivity index (χ0n) is 12.6. The SMILES string of the molecule is C1=CC2=CC=C1C2.Cc1ccnc(-n2cnc(NN)nc2=O)c1. The Bertz CT molecular complexity index is 858. The Balaban J connectivity index is 0.000000183. The Hall–Kier alpha value is -3.06. The van der Waals surface area contributed by atoms with Crippen molar-refractivity contribution < 1.29 is 0 Å². The average molecular weight is 308 g/mol. The van der Waals surface area contributed by atoms with Gasteiger partial charge in [0.15, 0.2) is 0 Å². The molecule has 0 atom stereocenters. The van der Waals surface area contributed by atoms with Crippen LogP contribution in [0.1, 0.15) is 12.0 Å². The van der Waals surface area contributed by atoms with Gasteiger partial charge >= 0.3 is 5.69 Å². The fourth-order valence-corrected chi connectivity index (χ4v) is 2.22. The first kappa shape index (κ1) is 14.9. The van der Waals surface area contributed by atoms with Crippen molar-refractivity contribution in [1.29, 1.82) is 0 Å². The molecule has 2 heterocycles. The maximum Gasteiger partial charge on any atom is 0.357 e. The van der Waals surface area contributed by atoms with Gasteiger partial charge in [0.05, 0.1) is 0 Å². The van der Waals surface area contributed by atoms with Gasteiger partial charge in [0.2, 0.25) is 5.95 Å². The molecule has 23 heavy (non-hydrogen) atoms. The fourth-order valence-electron chi connectivity index (χ4n) is 2.22. The minimum absolute atomic E-state index is 0.0777. The topological polar surface area (TPSA) is 98.7 Å². The fraction of sp³-hybridized carbons (Fsp3) is 0.125. The van der Waals surface area contributed by atoms with Crippen LogP contribution in [0.4, 0.5) is 5.95 Å². The summed E-state index contributed by atoms with van der Waals surface area (Å²) in [6.45, 7) is 1.91. The van der Waals surface area contributed by atoms with Gasteiger partial charge in [-0.2, -0.15) is 4.98 Å². The second-order valence-electron chi connectivity index (χ2n) is 5.16. The third kappa shape index (κ3) is 3.41. The molecule has 4 rings (SSSR count). The van der Waals surface area contributed by atoms with Crippen molar-refractivity contribution in [2.45, 2.75) is 13.3 Å². The summed E-state index contributed by atoms with van der Waals surface area (Å²) in [5.41, 5.74) is 5.65. The van der Waals surface area contributed by atoms with Crippen molar-refractivity contribution in [3.8, 4) is 5.82 Å². The van der Waals surface area contributed by atoms with E-state index in [4.69, 9.17) is 5.84 Å². The second kappa shape index (κ2) is 6.37. The molecule has 2 aliphatic carbocycles. The molecule has 0 aliphatic heterocycles. The summed E-state index contributed by atoms with van der Waals surface area (Å²) in [4.78, 5) is 23.1. The van der Waals surface area contributed by atoms with Gasteiger partial charge in [-0.05, 0) is 42.2 Å². The Morgan fingerprint density at radius 2 is 1.96 bits per heavy atom. The molecule has 0 aromatic carbocycles. The Morgan fingerprint density at radius 3 is 2.43 bits per heavy atom. The van der Waals surface area contributed by atoms with Crippen molar-refractivity contribution in [2.75, 3.05) is 5.43 Å². The summed E-state index contributed by atoms with van der Waals surface area (Å²) in [5.74, 6) is 5.65. The quantitative estimate of drug-likeness (QED) is 0.643. The van der Waals surface area contributed by atoms with Gasteiger partial charge in [-0.3, -0.25) is 5.43 Å². The van der Waals surface area contributed by atoms with E-state index in [1.54, 1.807) is 12.3 Å². The molecule has 7 nitrogen and oxygen atoms in total. The maximum atomic E-state index is 11.6. The van der Waals surface area contributed by atoms with Gasteiger partial charge < -0.3 is 0 Å². The minimum Gasteiger partial charge on any atom is -0.292 e. The van der Waals surface area contributed by atoms with E-state index in [-0.39, 0.29) is 5.95 Å². The number of rotatable bonds is 2. The lowest BCUT2D eigenvalue weighted by atomic mass is 10.3. The molecule has 0 spiro atoms. The number of hydrogen-bond acceptors (Lipinski definition) is 6. The third-order valence-corrected chi connectivity index (χ3v) is 3.41. The van der Waals surface area contributed by atoms with Crippen LogP contribution in [0.5, 0.6) is 0 Å². The first-order chi connectivity index (χ1) is 11.2. The van der Waals surface area contributed by atoms with Crippen molar-refractivity contribution >= 4 is 5.95 Å². The van der Waals surface area contributed by atoms with Gasteiger partial charge in [0.1, 0.15) is 12.1 Å². The maximum absolute atomic E-state index is 11.6. The Morgan fingerprint density at radius 1 is 1.22 bits per heavy atom. The molecule has 0 saturated heterocycles. The van der Waals surface area contributed by atoms with Crippen LogP contribution in [-0.4, -0.2) is 19.5 Å². The van der Waals surface area contributed by atoms with Crippen molar-refractivity contribution in [1.82, 2.24) is 19.5 Å². The number of fused-ring (bicyclic) bond motifs is 2. The van der Waals surface area contributed by atoms with E-state index in [2.05, 4.69) is 44.7 Å². The molecule has 2 bridgehead atoms. The molecule has 2 aliphatic rings. The van der Waals surface area contributed by atoms with Crippen LogP contribution in [0.15, 0.2) is 64.9 Å². The largest absolute Gasteiger partial charge is 0.357 e. The average Bonchev–Trinajstić information content (AvgIpc) is 3.21. The standard InChI is InChI=1S/C9H10N6O.C7H6/c1-6-2-3-11-7(4-6)15-5-12-8(14-10)13-9(15)16;1-2-7-4-3-6(1)5-7/h2-5H,10H2,1H3,(H,13,14,16);1-4H,5H2. The molecule has 116 valence electrons. The molecule has 0 amide bonds. The number of nitrogens with zero attached hydrogens (tertiary/aromatic N) is 4. The Labute approximate surface area is 132 Å². The van der Waals surface area contributed by atoms with Crippen LogP contribution in [-0.2, 0) is 0 Å². The molecule has 2 aromatic heterocycles. The van der Waals surface area contributed by atoms with Crippen LogP contribution in [0.25, 0.3) is 5.82 Å². The summed E-state index contributed by atoms with van der Waals surface area (Å²) in [7, 11) is 0. The van der Waals surface area contributed by atoms with E-state index >= 15 is 0 Å². The lowest BCUT2D eigenvalue weighted by molar-refractivity contribution is 0.834. The summed E-state index contributed by atoms with van der Waals surface area (Å²) in [5, 5.41) is 0. The van der Waals surface area contributed by atoms with E-state index in [0.717, 1.165) is 5.56 Å². The molecule has 0 fully saturated rings. The van der Waals surface area contributed by atoms with Crippen LogP contribution in [0, 0.1) is 6.92 Å². The van der Waals surface area contributed by atoms with Crippen LogP contribution >= 0.6 is 0 Å². The van der Waals surface area contributed by atoms with Crippen molar-refractivity contribution in [3.05, 3.63) is 76.2 Å². The zero-order chi connectivity index (χ0) is 16.2. The van der Waals surface area contributed by atoms with Gasteiger partial charge in [0.25, 0.3) is 0 Å². The first-order valence-electron chi connectivity index (χ1n) is 7.09. The number of nitrogens with one attached hydrogen (secondary N) is 1. The van der Waals surface area contributed by atoms with Crippen LogP contribution in [0.3, 0.4) is 0 Å². The van der Waals surface area contributed by atoms with Gasteiger partial charge in [0, 0.05) is 6.20 Å². The summed E-state index contributed by atoms with van der Waals surface area (Å²) < 4.78 is 1.24. The summed E-state index contributed by atoms with van der Waals surface area (Å²) >= 11 is 0. The molecule has 0 saturated carbocycles. The van der Waals surface area contributed by atoms with Gasteiger partial charge in [-0.15, -0.1) is 0 Å². The minimum atomic E-state index is -0.485. The van der Waals surface area contributed by atoms with E-state index in [1.807, 2.05) is 13.0 Å². The number of nitrogen functional groups attached to an aromatic ring is 1. The summed E-state index contributed by atoms with van der Waals surface area (Å²) in [6, 6.07) is 3.60. The molecule has 2 aromatic rings. The van der Waals surface area contributed by atoms with Gasteiger partial charge in [-0.1, -0.05) is 24.3 Å². The molecular weight excluding hydrogens is 292 g/mol. The number of aryl methyl sites for hydroxylation is 1. The lowest BCUT2D eigenvalue weighted by Crippen LogP contribution is -2.25. The molecule has 0 radical (unpaired) electrons. The number of allylic oxidation sites excluding steroid dienone is 6. The number of aromatic nitrogens is 4. The number of hydrazine groups is 1. The van der Waals surface area contributed by atoms with Crippen LogP contribution < -0.4 is 17.0 Å². The van der Waals surface area contributed by atoms with Crippen molar-refractivity contribution in [2.24, 2.45) is 5.84 Å². The zero-order valence-corrected chi connectivity index (χ0v) is 12.6. The van der Waals surface area contributed by atoms with E-state index in [1.165, 1.54) is 28.5 Å². The monoisotopic (exact) mass is 308 g/mol. The number of hydrogen-bond donors (Lipinski definition) is 2.